The van der Waals surface area contributed by atoms with Crippen molar-refractivity contribution in [2.24, 2.45) is 5.92 Å². The molecule has 1 N–H and O–H groups in total. The Morgan fingerprint density at radius 1 is 1.29 bits per heavy atom. The number of aliphatic carboxylic acids is 1. The second-order valence-electron chi connectivity index (χ2n) is 5.76. The van der Waals surface area contributed by atoms with E-state index in [-0.39, 0.29) is 17.9 Å². The van der Waals surface area contributed by atoms with Gasteiger partial charge in [0.15, 0.2) is 0 Å². The summed E-state index contributed by atoms with van der Waals surface area (Å²) in [6, 6.07) is 6.95. The fourth-order valence-electron chi connectivity index (χ4n) is 3.24. The Bertz CT molecular complexity index is 571. The first-order chi connectivity index (χ1) is 10.1. The number of fused-ring (bicyclic) bond motifs is 1. The van der Waals surface area contributed by atoms with E-state index in [1.807, 2.05) is 31.2 Å². The van der Waals surface area contributed by atoms with E-state index in [1.54, 1.807) is 0 Å². The molecule has 0 spiro atoms. The van der Waals surface area contributed by atoms with Crippen LogP contribution in [0.2, 0.25) is 0 Å². The summed E-state index contributed by atoms with van der Waals surface area (Å²) < 4.78 is 5.45. The number of carboxylic acid groups (broad SMARTS) is 1. The zero-order valence-electron chi connectivity index (χ0n) is 12.0. The minimum atomic E-state index is -0.940. The molecular formula is C16H19NO4. The minimum Gasteiger partial charge on any atom is -0.480 e. The van der Waals surface area contributed by atoms with E-state index in [0.717, 1.165) is 11.1 Å². The molecular weight excluding hydrogens is 270 g/mol. The number of benzene rings is 1. The second kappa shape index (κ2) is 5.48. The van der Waals surface area contributed by atoms with Gasteiger partial charge in [0.25, 0.3) is 0 Å². The van der Waals surface area contributed by atoms with Crippen molar-refractivity contribution in [3.8, 4) is 0 Å². The Labute approximate surface area is 123 Å². The number of nitrogens with zero attached hydrogens (tertiary/aromatic N) is 1. The first kappa shape index (κ1) is 14.1. The predicted molar refractivity (Wildman–Crippen MR) is 75.6 cm³/mol. The highest BCUT2D eigenvalue weighted by Gasteiger charge is 2.40. The maximum Gasteiger partial charge on any atom is 0.326 e. The Hall–Kier alpha value is -1.88. The third-order valence-corrected chi connectivity index (χ3v) is 4.51. The van der Waals surface area contributed by atoms with Crippen LogP contribution in [-0.2, 0) is 27.3 Å². The summed E-state index contributed by atoms with van der Waals surface area (Å²) in [6.45, 7) is 2.82. The van der Waals surface area contributed by atoms with Gasteiger partial charge in [0.1, 0.15) is 6.04 Å². The number of ether oxygens (including phenoxy) is 1. The summed E-state index contributed by atoms with van der Waals surface area (Å²) in [5.41, 5.74) is 2.06. The van der Waals surface area contributed by atoms with E-state index in [0.29, 0.717) is 26.0 Å². The van der Waals surface area contributed by atoms with Crippen LogP contribution in [0.25, 0.3) is 0 Å². The highest BCUT2D eigenvalue weighted by Crippen LogP contribution is 2.29. The Balaban J connectivity index is 1.89. The van der Waals surface area contributed by atoms with Crippen molar-refractivity contribution >= 4 is 11.9 Å². The number of carbonyl (C=O) groups is 2. The van der Waals surface area contributed by atoms with Crippen LogP contribution in [0, 0.1) is 5.92 Å². The average molecular weight is 289 g/mol. The van der Waals surface area contributed by atoms with Gasteiger partial charge in [0, 0.05) is 19.6 Å². The molecule has 3 atom stereocenters. The van der Waals surface area contributed by atoms with Crippen molar-refractivity contribution < 1.29 is 19.4 Å². The van der Waals surface area contributed by atoms with Gasteiger partial charge in [-0.2, -0.15) is 0 Å². The lowest BCUT2D eigenvalue weighted by Gasteiger charge is -2.36. The van der Waals surface area contributed by atoms with Crippen LogP contribution < -0.4 is 0 Å². The molecule has 3 rings (SSSR count). The van der Waals surface area contributed by atoms with Gasteiger partial charge >= 0.3 is 5.97 Å². The van der Waals surface area contributed by atoms with Crippen molar-refractivity contribution in [2.75, 3.05) is 6.61 Å². The summed E-state index contributed by atoms with van der Waals surface area (Å²) in [7, 11) is 0. The van der Waals surface area contributed by atoms with Crippen molar-refractivity contribution in [3.05, 3.63) is 35.4 Å². The van der Waals surface area contributed by atoms with Crippen molar-refractivity contribution in [2.45, 2.75) is 38.5 Å². The van der Waals surface area contributed by atoms with Gasteiger partial charge in [-0.15, -0.1) is 0 Å². The summed E-state index contributed by atoms with van der Waals surface area (Å²) in [5, 5.41) is 9.47. The highest BCUT2D eigenvalue weighted by atomic mass is 16.5. The van der Waals surface area contributed by atoms with Gasteiger partial charge in [-0.05, 0) is 24.5 Å². The van der Waals surface area contributed by atoms with Crippen molar-refractivity contribution in [1.29, 1.82) is 0 Å². The second-order valence-corrected chi connectivity index (χ2v) is 5.76. The normalized spacial score (nSPS) is 28.2. The molecule has 21 heavy (non-hydrogen) atoms. The van der Waals surface area contributed by atoms with Crippen LogP contribution in [0.15, 0.2) is 24.3 Å². The quantitative estimate of drug-likeness (QED) is 0.895. The molecule has 2 aliphatic heterocycles. The Morgan fingerprint density at radius 2 is 2.00 bits per heavy atom. The molecule has 0 aliphatic carbocycles. The van der Waals surface area contributed by atoms with Crippen LogP contribution in [0.1, 0.15) is 24.5 Å². The zero-order valence-corrected chi connectivity index (χ0v) is 12.0. The van der Waals surface area contributed by atoms with Crippen LogP contribution in [-0.4, -0.2) is 40.6 Å². The zero-order chi connectivity index (χ0) is 15.0. The largest absolute Gasteiger partial charge is 0.480 e. The van der Waals surface area contributed by atoms with Gasteiger partial charge in [0.05, 0.1) is 12.0 Å². The number of hydrogen-bond donors (Lipinski definition) is 1. The molecule has 0 saturated carbocycles. The van der Waals surface area contributed by atoms with Crippen molar-refractivity contribution in [1.82, 2.24) is 4.90 Å². The number of carbonyl (C=O) groups excluding carboxylic acids is 1. The van der Waals surface area contributed by atoms with Gasteiger partial charge < -0.3 is 14.7 Å². The molecule has 1 fully saturated rings. The maximum absolute atomic E-state index is 12.7. The molecule has 5 nitrogen and oxygen atoms in total. The molecule has 0 aromatic heterocycles. The van der Waals surface area contributed by atoms with Crippen LogP contribution >= 0.6 is 0 Å². The molecule has 5 heteroatoms. The molecule has 1 aromatic carbocycles. The first-order valence-electron chi connectivity index (χ1n) is 7.29. The van der Waals surface area contributed by atoms with Gasteiger partial charge in [-0.3, -0.25) is 4.79 Å². The molecule has 0 radical (unpaired) electrons. The monoisotopic (exact) mass is 289 g/mol. The maximum atomic E-state index is 12.7. The van der Waals surface area contributed by atoms with E-state index >= 15 is 0 Å². The Kier molecular flexibility index (Phi) is 3.68. The van der Waals surface area contributed by atoms with E-state index < -0.39 is 12.0 Å². The average Bonchev–Trinajstić information content (AvgIpc) is 2.91. The fraction of sp³-hybridized carbons (Fsp3) is 0.500. The molecule has 2 aliphatic rings. The van der Waals surface area contributed by atoms with E-state index in [2.05, 4.69) is 0 Å². The van der Waals surface area contributed by atoms with Crippen LogP contribution in [0.5, 0.6) is 0 Å². The third-order valence-electron chi connectivity index (χ3n) is 4.51. The number of amides is 1. The molecule has 2 unspecified atom stereocenters. The number of hydrogen-bond acceptors (Lipinski definition) is 3. The summed E-state index contributed by atoms with van der Waals surface area (Å²) in [5.74, 6) is -1.26. The first-order valence-corrected chi connectivity index (χ1v) is 7.29. The van der Waals surface area contributed by atoms with Gasteiger partial charge in [-0.1, -0.05) is 24.3 Å². The molecule has 1 saturated heterocycles. The molecule has 112 valence electrons. The fourth-order valence-corrected chi connectivity index (χ4v) is 3.24. The van der Waals surface area contributed by atoms with E-state index in [4.69, 9.17) is 4.74 Å². The van der Waals surface area contributed by atoms with E-state index in [9.17, 15) is 14.7 Å². The Morgan fingerprint density at radius 3 is 2.62 bits per heavy atom. The molecule has 1 amide bonds. The topological polar surface area (TPSA) is 66.8 Å². The SMILES string of the molecule is CC1OCCC1C(=O)N1Cc2ccccc2C[C@@H]1C(=O)O. The smallest absolute Gasteiger partial charge is 0.326 e. The van der Waals surface area contributed by atoms with Gasteiger partial charge in [0.2, 0.25) is 5.91 Å². The molecule has 2 heterocycles. The number of rotatable bonds is 2. The van der Waals surface area contributed by atoms with E-state index in [1.165, 1.54) is 4.90 Å². The van der Waals surface area contributed by atoms with Crippen LogP contribution in [0.4, 0.5) is 0 Å². The lowest BCUT2D eigenvalue weighted by molar-refractivity contribution is -0.154. The number of carboxylic acids is 1. The van der Waals surface area contributed by atoms with Crippen molar-refractivity contribution in [3.63, 3.8) is 0 Å². The van der Waals surface area contributed by atoms with Crippen LogP contribution in [0.3, 0.4) is 0 Å². The lowest BCUT2D eigenvalue weighted by Crippen LogP contribution is -2.51. The molecule has 0 bridgehead atoms. The predicted octanol–water partition coefficient (Wildman–Crippen LogP) is 1.45. The standard InChI is InChI=1S/C16H19NO4/c1-10-13(6-7-21-10)15(18)17-9-12-5-3-2-4-11(12)8-14(17)16(19)20/h2-5,10,13-14H,6-9H2,1H3,(H,19,20)/t10?,13?,14-/m1/s1. The molecule has 1 aromatic rings. The summed E-state index contributed by atoms with van der Waals surface area (Å²) in [6.07, 6.45) is 0.910. The minimum absolute atomic E-state index is 0.0955. The summed E-state index contributed by atoms with van der Waals surface area (Å²) >= 11 is 0. The summed E-state index contributed by atoms with van der Waals surface area (Å²) in [4.78, 5) is 25.8. The lowest BCUT2D eigenvalue weighted by atomic mass is 9.91. The van der Waals surface area contributed by atoms with Gasteiger partial charge in [-0.25, -0.2) is 4.79 Å². The third kappa shape index (κ3) is 2.53. The highest BCUT2D eigenvalue weighted by molar-refractivity contribution is 5.86.